The Hall–Kier alpha value is -2.13. The van der Waals surface area contributed by atoms with Crippen molar-refractivity contribution in [2.24, 2.45) is 11.1 Å². The van der Waals surface area contributed by atoms with Gasteiger partial charge in [0, 0.05) is 19.2 Å². The first-order chi connectivity index (χ1) is 9.84. The second-order valence-corrected chi connectivity index (χ2v) is 5.86. The largest absolute Gasteiger partial charge is 0.365 e. The van der Waals surface area contributed by atoms with Gasteiger partial charge in [0.2, 0.25) is 0 Å². The van der Waals surface area contributed by atoms with Crippen LogP contribution < -0.4 is 10.6 Å². The molecule has 0 atom stereocenters. The van der Waals surface area contributed by atoms with Crippen molar-refractivity contribution >= 4 is 11.4 Å². The minimum atomic E-state index is -0.408. The van der Waals surface area contributed by atoms with E-state index >= 15 is 0 Å². The van der Waals surface area contributed by atoms with Crippen LogP contribution in [0.2, 0.25) is 0 Å². The lowest BCUT2D eigenvalue weighted by atomic mass is 9.92. The van der Waals surface area contributed by atoms with Crippen LogP contribution in [0, 0.1) is 26.9 Å². The first-order valence-corrected chi connectivity index (χ1v) is 6.98. The number of anilines is 1. The molecule has 0 aliphatic carbocycles. The van der Waals surface area contributed by atoms with Crippen LogP contribution >= 0.6 is 0 Å². The van der Waals surface area contributed by atoms with E-state index in [1.54, 1.807) is 6.07 Å². The van der Waals surface area contributed by atoms with Crippen LogP contribution in [0.1, 0.15) is 32.8 Å². The van der Waals surface area contributed by atoms with E-state index in [2.05, 4.69) is 0 Å². The fraction of sp³-hybridized carbons (Fsp3) is 0.533. The number of hydrogen-bond acceptors (Lipinski definition) is 5. The number of nitro groups is 1. The summed E-state index contributed by atoms with van der Waals surface area (Å²) in [6.07, 6.45) is 0.856. The molecule has 6 nitrogen and oxygen atoms in total. The molecule has 1 aromatic rings. The molecule has 0 saturated heterocycles. The summed E-state index contributed by atoms with van der Waals surface area (Å²) >= 11 is 0. The van der Waals surface area contributed by atoms with E-state index in [1.807, 2.05) is 31.7 Å². The van der Waals surface area contributed by atoms with E-state index in [-0.39, 0.29) is 11.1 Å². The molecule has 0 heterocycles. The van der Waals surface area contributed by atoms with Crippen molar-refractivity contribution in [3.63, 3.8) is 0 Å². The van der Waals surface area contributed by atoms with Gasteiger partial charge in [-0.3, -0.25) is 10.1 Å². The molecular weight excluding hydrogens is 268 g/mol. The summed E-state index contributed by atoms with van der Waals surface area (Å²) in [5, 5.41) is 20.3. The van der Waals surface area contributed by atoms with Gasteiger partial charge in [-0.2, -0.15) is 5.26 Å². The molecule has 0 unspecified atom stereocenters. The maximum absolute atomic E-state index is 11.2. The van der Waals surface area contributed by atoms with Crippen LogP contribution in [-0.2, 0) is 0 Å². The third kappa shape index (κ3) is 4.43. The highest BCUT2D eigenvalue weighted by Crippen LogP contribution is 2.31. The second-order valence-electron chi connectivity index (χ2n) is 5.86. The Kier molecular flexibility index (Phi) is 5.68. The average molecular weight is 290 g/mol. The molecule has 1 aromatic carbocycles. The summed E-state index contributed by atoms with van der Waals surface area (Å²) in [5.41, 5.74) is 6.54. The van der Waals surface area contributed by atoms with Gasteiger partial charge in [0.05, 0.1) is 16.6 Å². The van der Waals surface area contributed by atoms with Crippen molar-refractivity contribution in [1.82, 2.24) is 0 Å². The predicted molar refractivity (Wildman–Crippen MR) is 83.2 cm³/mol. The van der Waals surface area contributed by atoms with Gasteiger partial charge in [0.15, 0.2) is 0 Å². The first kappa shape index (κ1) is 16.9. The fourth-order valence-electron chi connectivity index (χ4n) is 2.14. The molecule has 0 radical (unpaired) electrons. The quantitative estimate of drug-likeness (QED) is 0.615. The average Bonchev–Trinajstić information content (AvgIpc) is 2.45. The zero-order chi connectivity index (χ0) is 16.0. The molecule has 0 aliphatic rings. The molecule has 6 heteroatoms. The van der Waals surface area contributed by atoms with Gasteiger partial charge in [-0.05, 0) is 30.5 Å². The lowest BCUT2D eigenvalue weighted by Crippen LogP contribution is -2.39. The van der Waals surface area contributed by atoms with E-state index in [0.29, 0.717) is 30.9 Å². The molecule has 21 heavy (non-hydrogen) atoms. The van der Waals surface area contributed by atoms with Crippen molar-refractivity contribution in [3.05, 3.63) is 33.9 Å². The van der Waals surface area contributed by atoms with Crippen molar-refractivity contribution in [2.45, 2.75) is 27.2 Å². The third-order valence-electron chi connectivity index (χ3n) is 3.31. The van der Waals surface area contributed by atoms with E-state index in [4.69, 9.17) is 11.0 Å². The Morgan fingerprint density at radius 2 is 2.14 bits per heavy atom. The van der Waals surface area contributed by atoms with Crippen LogP contribution in [0.15, 0.2) is 18.2 Å². The van der Waals surface area contributed by atoms with Gasteiger partial charge in [0.25, 0.3) is 5.69 Å². The predicted octanol–water partition coefficient (Wildman–Crippen LogP) is 2.67. The molecule has 0 saturated carbocycles. The number of nitrogens with two attached hydrogens (primary N) is 1. The van der Waals surface area contributed by atoms with Crippen LogP contribution in [-0.4, -0.2) is 24.6 Å². The molecule has 0 bridgehead atoms. The zero-order valence-electron chi connectivity index (χ0n) is 12.8. The van der Waals surface area contributed by atoms with E-state index < -0.39 is 4.92 Å². The highest BCUT2D eigenvalue weighted by Gasteiger charge is 2.25. The van der Waals surface area contributed by atoms with E-state index in [1.165, 1.54) is 12.1 Å². The number of nitro benzene ring substituents is 1. The Morgan fingerprint density at radius 3 is 2.62 bits per heavy atom. The Bertz CT molecular complexity index is 549. The van der Waals surface area contributed by atoms with Gasteiger partial charge in [-0.1, -0.05) is 20.8 Å². The molecule has 2 N–H and O–H groups in total. The molecule has 0 fully saturated rings. The van der Waals surface area contributed by atoms with Crippen molar-refractivity contribution < 1.29 is 4.92 Å². The number of hydrogen-bond donors (Lipinski definition) is 1. The minimum Gasteiger partial charge on any atom is -0.365 e. The highest BCUT2D eigenvalue weighted by atomic mass is 16.6. The van der Waals surface area contributed by atoms with Crippen molar-refractivity contribution in [1.29, 1.82) is 5.26 Å². The number of rotatable bonds is 7. The van der Waals surface area contributed by atoms with Crippen molar-refractivity contribution in [2.75, 3.05) is 24.5 Å². The van der Waals surface area contributed by atoms with Crippen LogP contribution in [0.3, 0.4) is 0 Å². The van der Waals surface area contributed by atoms with Crippen LogP contribution in [0.4, 0.5) is 11.4 Å². The SMILES string of the molecule is CCCN(CC(C)(C)CN)c1cc(C#N)ccc1[N+](=O)[O-]. The van der Waals surface area contributed by atoms with Gasteiger partial charge in [-0.15, -0.1) is 0 Å². The Labute approximate surface area is 125 Å². The monoisotopic (exact) mass is 290 g/mol. The van der Waals surface area contributed by atoms with Gasteiger partial charge in [-0.25, -0.2) is 0 Å². The first-order valence-electron chi connectivity index (χ1n) is 6.98. The summed E-state index contributed by atoms with van der Waals surface area (Å²) in [4.78, 5) is 12.8. The Balaban J connectivity index is 3.29. The van der Waals surface area contributed by atoms with Gasteiger partial charge in [0.1, 0.15) is 5.69 Å². The summed E-state index contributed by atoms with van der Waals surface area (Å²) in [6.45, 7) is 7.83. The summed E-state index contributed by atoms with van der Waals surface area (Å²) < 4.78 is 0. The zero-order valence-corrected chi connectivity index (χ0v) is 12.8. The summed E-state index contributed by atoms with van der Waals surface area (Å²) in [6, 6.07) is 6.48. The summed E-state index contributed by atoms with van der Waals surface area (Å²) in [7, 11) is 0. The molecule has 1 rings (SSSR count). The topological polar surface area (TPSA) is 96.2 Å². The number of nitriles is 1. The molecule has 0 spiro atoms. The molecule has 0 aliphatic heterocycles. The highest BCUT2D eigenvalue weighted by molar-refractivity contribution is 5.66. The molecule has 0 amide bonds. The van der Waals surface area contributed by atoms with Crippen molar-refractivity contribution in [3.8, 4) is 6.07 Å². The van der Waals surface area contributed by atoms with Gasteiger partial charge >= 0.3 is 0 Å². The van der Waals surface area contributed by atoms with Crippen LogP contribution in [0.5, 0.6) is 0 Å². The Morgan fingerprint density at radius 1 is 1.48 bits per heavy atom. The minimum absolute atomic E-state index is 0.0234. The molecular formula is C15H22N4O2. The summed E-state index contributed by atoms with van der Waals surface area (Å²) in [5.74, 6) is 0. The standard InChI is InChI=1S/C15H22N4O2/c1-4-7-18(11-15(2,3)10-17)14-8-12(9-16)5-6-13(14)19(20)21/h5-6,8H,4,7,10-11,17H2,1-3H3. The molecule has 0 aromatic heterocycles. The number of benzene rings is 1. The smallest absolute Gasteiger partial charge is 0.292 e. The lowest BCUT2D eigenvalue weighted by Gasteiger charge is -2.33. The fourth-order valence-corrected chi connectivity index (χ4v) is 2.14. The normalized spacial score (nSPS) is 11.0. The van der Waals surface area contributed by atoms with E-state index in [0.717, 1.165) is 6.42 Å². The number of nitrogens with zero attached hydrogens (tertiary/aromatic N) is 3. The second kappa shape index (κ2) is 7.04. The van der Waals surface area contributed by atoms with Crippen LogP contribution in [0.25, 0.3) is 0 Å². The lowest BCUT2D eigenvalue weighted by molar-refractivity contribution is -0.384. The van der Waals surface area contributed by atoms with Gasteiger partial charge < -0.3 is 10.6 Å². The maximum Gasteiger partial charge on any atom is 0.292 e. The third-order valence-corrected chi connectivity index (χ3v) is 3.31. The molecule has 114 valence electrons. The van der Waals surface area contributed by atoms with E-state index in [9.17, 15) is 10.1 Å². The maximum atomic E-state index is 11.2.